The standard InChI is InChI=1S/C12H19N3OS.C2H6/c1-3-12(17)4-6-15(7-5-12)11(16)10-8-9(2)13-14-10;1-2/h8,17H,3-7H2,1-2H3,(H,13,14);1-2H3. The van der Waals surface area contributed by atoms with Gasteiger partial charge in [-0.2, -0.15) is 17.7 Å². The Morgan fingerprint density at radius 1 is 1.47 bits per heavy atom. The lowest BCUT2D eigenvalue weighted by molar-refractivity contribution is 0.0698. The van der Waals surface area contributed by atoms with E-state index in [0.717, 1.165) is 38.0 Å². The molecule has 1 aromatic rings. The Morgan fingerprint density at radius 2 is 2.05 bits per heavy atom. The van der Waals surface area contributed by atoms with Crippen molar-refractivity contribution in [3.8, 4) is 0 Å². The van der Waals surface area contributed by atoms with Crippen LogP contribution in [0.2, 0.25) is 0 Å². The molecule has 0 aliphatic carbocycles. The van der Waals surface area contributed by atoms with Crippen LogP contribution in [0.3, 0.4) is 0 Å². The zero-order valence-corrected chi connectivity index (χ0v) is 13.3. The summed E-state index contributed by atoms with van der Waals surface area (Å²) in [4.78, 5) is 14.0. The SMILES string of the molecule is CC.CCC1(S)CCN(C(=O)c2cc(C)[nH]n2)CC1. The zero-order chi connectivity index (χ0) is 14.5. The van der Waals surface area contributed by atoms with Crippen molar-refractivity contribution in [2.24, 2.45) is 0 Å². The number of aromatic amines is 1. The highest BCUT2D eigenvalue weighted by atomic mass is 32.1. The molecular weight excluding hydrogens is 258 g/mol. The molecule has 2 rings (SSSR count). The minimum Gasteiger partial charge on any atom is -0.337 e. The van der Waals surface area contributed by atoms with Crippen LogP contribution in [0.15, 0.2) is 6.07 Å². The van der Waals surface area contributed by atoms with Gasteiger partial charge in [0, 0.05) is 23.5 Å². The predicted molar refractivity (Wildman–Crippen MR) is 81.8 cm³/mol. The molecule has 1 aliphatic rings. The number of aryl methyl sites for hydroxylation is 1. The Morgan fingerprint density at radius 3 is 2.47 bits per heavy atom. The number of hydrogen-bond acceptors (Lipinski definition) is 3. The van der Waals surface area contributed by atoms with E-state index in [1.807, 2.05) is 25.7 Å². The molecule has 0 radical (unpaired) electrons. The third-order valence-electron chi connectivity index (χ3n) is 3.56. The highest BCUT2D eigenvalue weighted by Gasteiger charge is 2.32. The lowest BCUT2D eigenvalue weighted by Gasteiger charge is -2.37. The van der Waals surface area contributed by atoms with Gasteiger partial charge in [-0.3, -0.25) is 9.89 Å². The number of piperidine rings is 1. The van der Waals surface area contributed by atoms with E-state index in [2.05, 4.69) is 17.1 Å². The lowest BCUT2D eigenvalue weighted by atomic mass is 9.93. The first-order valence-electron chi connectivity index (χ1n) is 7.08. The number of rotatable bonds is 2. The summed E-state index contributed by atoms with van der Waals surface area (Å²) in [6, 6.07) is 1.80. The Balaban J connectivity index is 0.000000861. The van der Waals surface area contributed by atoms with Crippen LogP contribution in [0.4, 0.5) is 0 Å². The van der Waals surface area contributed by atoms with Crippen molar-refractivity contribution in [1.82, 2.24) is 15.1 Å². The third-order valence-corrected chi connectivity index (χ3v) is 4.33. The van der Waals surface area contributed by atoms with Gasteiger partial charge in [0.15, 0.2) is 0 Å². The lowest BCUT2D eigenvalue weighted by Crippen LogP contribution is -2.44. The molecule has 0 spiro atoms. The molecule has 1 aromatic heterocycles. The second-order valence-electron chi connectivity index (χ2n) is 4.81. The molecule has 5 heteroatoms. The average molecular weight is 283 g/mol. The Bertz CT molecular complexity index is 409. The summed E-state index contributed by atoms with van der Waals surface area (Å²) in [7, 11) is 0. The van der Waals surface area contributed by atoms with Crippen LogP contribution < -0.4 is 0 Å². The molecule has 4 nitrogen and oxygen atoms in total. The van der Waals surface area contributed by atoms with Crippen molar-refractivity contribution < 1.29 is 4.79 Å². The third kappa shape index (κ3) is 4.00. The zero-order valence-electron chi connectivity index (χ0n) is 12.4. The number of nitrogens with zero attached hydrogens (tertiary/aromatic N) is 2. The van der Waals surface area contributed by atoms with Gasteiger partial charge in [0.2, 0.25) is 0 Å². The fraction of sp³-hybridized carbons (Fsp3) is 0.714. The maximum atomic E-state index is 12.1. The molecule has 1 aliphatic heterocycles. The van der Waals surface area contributed by atoms with Crippen molar-refractivity contribution >= 4 is 18.5 Å². The summed E-state index contributed by atoms with van der Waals surface area (Å²) in [6.07, 6.45) is 2.98. The van der Waals surface area contributed by atoms with Gasteiger partial charge >= 0.3 is 0 Å². The van der Waals surface area contributed by atoms with E-state index in [4.69, 9.17) is 12.6 Å². The van der Waals surface area contributed by atoms with E-state index in [9.17, 15) is 4.79 Å². The average Bonchev–Trinajstić information content (AvgIpc) is 2.88. The van der Waals surface area contributed by atoms with E-state index < -0.39 is 0 Å². The van der Waals surface area contributed by atoms with Crippen LogP contribution in [0.1, 0.15) is 56.2 Å². The van der Waals surface area contributed by atoms with Gasteiger partial charge in [0.1, 0.15) is 5.69 Å². The maximum Gasteiger partial charge on any atom is 0.274 e. The summed E-state index contributed by atoms with van der Waals surface area (Å²) in [5, 5.41) is 6.82. The summed E-state index contributed by atoms with van der Waals surface area (Å²) >= 11 is 4.69. The highest BCUT2D eigenvalue weighted by Crippen LogP contribution is 2.32. The van der Waals surface area contributed by atoms with E-state index in [1.54, 1.807) is 6.07 Å². The minimum atomic E-state index is 0.0286. The molecule has 1 fully saturated rings. The fourth-order valence-corrected chi connectivity index (χ4v) is 2.37. The van der Waals surface area contributed by atoms with Crippen LogP contribution in [-0.2, 0) is 0 Å². The van der Waals surface area contributed by atoms with Gasteiger partial charge in [-0.15, -0.1) is 0 Å². The number of thiol groups is 1. The topological polar surface area (TPSA) is 49.0 Å². The molecule has 0 unspecified atom stereocenters. The number of aromatic nitrogens is 2. The largest absolute Gasteiger partial charge is 0.337 e. The normalized spacial score (nSPS) is 17.6. The Hall–Kier alpha value is -0.970. The van der Waals surface area contributed by atoms with E-state index in [-0.39, 0.29) is 10.7 Å². The van der Waals surface area contributed by atoms with Gasteiger partial charge in [-0.25, -0.2) is 0 Å². The second-order valence-corrected chi connectivity index (χ2v) is 5.75. The summed E-state index contributed by atoms with van der Waals surface area (Å²) in [5.41, 5.74) is 1.44. The summed E-state index contributed by atoms with van der Waals surface area (Å²) in [5.74, 6) is 0.0286. The van der Waals surface area contributed by atoms with Crippen LogP contribution in [-0.4, -0.2) is 38.8 Å². The van der Waals surface area contributed by atoms with Gasteiger partial charge in [-0.1, -0.05) is 20.8 Å². The molecule has 1 N–H and O–H groups in total. The van der Waals surface area contributed by atoms with Crippen LogP contribution in [0, 0.1) is 6.92 Å². The number of hydrogen-bond donors (Lipinski definition) is 2. The number of H-pyrrole nitrogens is 1. The fourth-order valence-electron chi connectivity index (χ4n) is 2.17. The number of amides is 1. The van der Waals surface area contributed by atoms with Crippen LogP contribution >= 0.6 is 12.6 Å². The monoisotopic (exact) mass is 283 g/mol. The molecule has 19 heavy (non-hydrogen) atoms. The van der Waals surface area contributed by atoms with Crippen molar-refractivity contribution in [2.45, 2.75) is 51.7 Å². The number of nitrogens with one attached hydrogen (secondary N) is 1. The van der Waals surface area contributed by atoms with Gasteiger partial charge < -0.3 is 4.90 Å². The van der Waals surface area contributed by atoms with Gasteiger partial charge in [-0.05, 0) is 32.3 Å². The predicted octanol–water partition coefficient (Wildman–Crippen LogP) is 3.06. The van der Waals surface area contributed by atoms with E-state index >= 15 is 0 Å². The minimum absolute atomic E-state index is 0.0286. The number of carbonyl (C=O) groups excluding carboxylic acids is 1. The second kappa shape index (κ2) is 6.98. The molecule has 0 saturated carbocycles. The molecular formula is C14H25N3OS. The summed E-state index contributed by atoms with van der Waals surface area (Å²) < 4.78 is 0.109. The Labute approximate surface area is 121 Å². The highest BCUT2D eigenvalue weighted by molar-refractivity contribution is 7.81. The van der Waals surface area contributed by atoms with Crippen LogP contribution in [0.25, 0.3) is 0 Å². The van der Waals surface area contributed by atoms with Crippen molar-refractivity contribution in [2.75, 3.05) is 13.1 Å². The van der Waals surface area contributed by atoms with Crippen molar-refractivity contribution in [3.05, 3.63) is 17.5 Å². The molecule has 1 saturated heterocycles. The van der Waals surface area contributed by atoms with E-state index in [1.165, 1.54) is 0 Å². The molecule has 0 aromatic carbocycles. The maximum absolute atomic E-state index is 12.1. The molecule has 2 heterocycles. The molecule has 0 atom stereocenters. The smallest absolute Gasteiger partial charge is 0.274 e. The Kier molecular flexibility index (Phi) is 5.91. The first kappa shape index (κ1) is 16.1. The number of likely N-dealkylation sites (tertiary alicyclic amines) is 1. The van der Waals surface area contributed by atoms with E-state index in [0.29, 0.717) is 5.69 Å². The first-order chi connectivity index (χ1) is 9.04. The summed E-state index contributed by atoms with van der Waals surface area (Å²) in [6.45, 7) is 9.61. The van der Waals surface area contributed by atoms with Crippen LogP contribution in [0.5, 0.6) is 0 Å². The first-order valence-corrected chi connectivity index (χ1v) is 7.52. The van der Waals surface area contributed by atoms with Gasteiger partial charge in [0.25, 0.3) is 5.91 Å². The number of carbonyl (C=O) groups is 1. The molecule has 1 amide bonds. The molecule has 108 valence electrons. The van der Waals surface area contributed by atoms with Gasteiger partial charge in [0.05, 0.1) is 0 Å². The molecule has 0 bridgehead atoms. The quantitative estimate of drug-likeness (QED) is 0.820. The van der Waals surface area contributed by atoms with Crippen molar-refractivity contribution in [3.63, 3.8) is 0 Å². The van der Waals surface area contributed by atoms with Crippen molar-refractivity contribution in [1.29, 1.82) is 0 Å².